The number of hydrogen-bond acceptors (Lipinski definition) is 1. The molecule has 0 heterocycles. The zero-order valence-corrected chi connectivity index (χ0v) is 10.5. The van der Waals surface area contributed by atoms with Crippen molar-refractivity contribution in [1.29, 1.82) is 5.26 Å². The molecule has 2 aromatic rings. The number of nitrogens with zero attached hydrogens (tertiary/aromatic N) is 1. The van der Waals surface area contributed by atoms with Crippen molar-refractivity contribution < 1.29 is 0 Å². The molecule has 0 saturated heterocycles. The SMILES string of the molecule is Cc1ccccc1-c1c(C#N)ccc2c1CCC2. The molecule has 0 atom stereocenters. The summed E-state index contributed by atoms with van der Waals surface area (Å²) in [5.41, 5.74) is 7.26. The van der Waals surface area contributed by atoms with E-state index in [0.717, 1.165) is 18.4 Å². The van der Waals surface area contributed by atoms with Crippen LogP contribution in [0.3, 0.4) is 0 Å². The summed E-state index contributed by atoms with van der Waals surface area (Å²) in [6, 6.07) is 14.8. The first-order valence-electron chi connectivity index (χ1n) is 6.42. The van der Waals surface area contributed by atoms with E-state index < -0.39 is 0 Å². The molecule has 0 saturated carbocycles. The molecule has 0 aliphatic heterocycles. The Hall–Kier alpha value is -2.07. The Morgan fingerprint density at radius 3 is 2.67 bits per heavy atom. The molecule has 1 nitrogen and oxygen atoms in total. The van der Waals surface area contributed by atoms with Crippen LogP contribution in [0, 0.1) is 18.3 Å². The van der Waals surface area contributed by atoms with E-state index >= 15 is 0 Å². The molecule has 3 rings (SSSR count). The van der Waals surface area contributed by atoms with Crippen LogP contribution in [0.25, 0.3) is 11.1 Å². The molecule has 18 heavy (non-hydrogen) atoms. The van der Waals surface area contributed by atoms with Gasteiger partial charge in [-0.05, 0) is 54.5 Å². The second kappa shape index (κ2) is 4.31. The Balaban J connectivity index is 2.32. The van der Waals surface area contributed by atoms with E-state index in [-0.39, 0.29) is 0 Å². The lowest BCUT2D eigenvalue weighted by atomic mass is 9.90. The van der Waals surface area contributed by atoms with Crippen molar-refractivity contribution in [2.75, 3.05) is 0 Å². The first-order chi connectivity index (χ1) is 8.81. The zero-order chi connectivity index (χ0) is 12.5. The molecular formula is C17H15N. The Morgan fingerprint density at radius 1 is 1.06 bits per heavy atom. The third kappa shape index (κ3) is 1.62. The van der Waals surface area contributed by atoms with Gasteiger partial charge in [0.15, 0.2) is 0 Å². The molecule has 0 aromatic heterocycles. The summed E-state index contributed by atoms with van der Waals surface area (Å²) in [6.45, 7) is 2.12. The fourth-order valence-corrected chi connectivity index (χ4v) is 2.92. The quantitative estimate of drug-likeness (QED) is 0.729. The van der Waals surface area contributed by atoms with E-state index in [1.165, 1.54) is 34.2 Å². The van der Waals surface area contributed by atoms with E-state index in [1.54, 1.807) is 0 Å². The van der Waals surface area contributed by atoms with Gasteiger partial charge in [0, 0.05) is 5.56 Å². The maximum atomic E-state index is 9.35. The van der Waals surface area contributed by atoms with Crippen molar-refractivity contribution in [3.63, 3.8) is 0 Å². The van der Waals surface area contributed by atoms with Crippen LogP contribution in [0.4, 0.5) is 0 Å². The lowest BCUT2D eigenvalue weighted by Crippen LogP contribution is -1.95. The highest BCUT2D eigenvalue weighted by molar-refractivity contribution is 5.78. The van der Waals surface area contributed by atoms with Crippen molar-refractivity contribution in [2.45, 2.75) is 26.2 Å². The zero-order valence-electron chi connectivity index (χ0n) is 10.5. The lowest BCUT2D eigenvalue weighted by Gasteiger charge is -2.13. The predicted octanol–water partition coefficient (Wildman–Crippen LogP) is 4.02. The molecule has 2 aromatic carbocycles. The molecule has 1 aliphatic rings. The van der Waals surface area contributed by atoms with E-state index in [9.17, 15) is 5.26 Å². The third-order valence-corrected chi connectivity index (χ3v) is 3.82. The fourth-order valence-electron chi connectivity index (χ4n) is 2.92. The minimum Gasteiger partial charge on any atom is -0.192 e. The molecule has 0 spiro atoms. The number of benzene rings is 2. The topological polar surface area (TPSA) is 23.8 Å². The van der Waals surface area contributed by atoms with E-state index in [0.29, 0.717) is 0 Å². The van der Waals surface area contributed by atoms with Gasteiger partial charge in [-0.15, -0.1) is 0 Å². The monoisotopic (exact) mass is 233 g/mol. The van der Waals surface area contributed by atoms with Gasteiger partial charge >= 0.3 is 0 Å². The molecule has 0 N–H and O–H groups in total. The van der Waals surface area contributed by atoms with Crippen molar-refractivity contribution in [2.24, 2.45) is 0 Å². The van der Waals surface area contributed by atoms with Gasteiger partial charge in [0.2, 0.25) is 0 Å². The van der Waals surface area contributed by atoms with Gasteiger partial charge in [-0.25, -0.2) is 0 Å². The standard InChI is InChI=1S/C17H15N/c1-12-5-2-3-7-15(12)17-14(11-18)10-9-13-6-4-8-16(13)17/h2-3,5,7,9-10H,4,6,8H2,1H3. The fraction of sp³-hybridized carbons (Fsp3) is 0.235. The number of nitriles is 1. The van der Waals surface area contributed by atoms with Crippen LogP contribution in [0.2, 0.25) is 0 Å². The maximum absolute atomic E-state index is 9.35. The van der Waals surface area contributed by atoms with Crippen LogP contribution in [-0.4, -0.2) is 0 Å². The van der Waals surface area contributed by atoms with Crippen LogP contribution in [0.1, 0.15) is 28.7 Å². The lowest BCUT2D eigenvalue weighted by molar-refractivity contribution is 0.912. The third-order valence-electron chi connectivity index (χ3n) is 3.82. The van der Waals surface area contributed by atoms with Gasteiger partial charge < -0.3 is 0 Å². The summed E-state index contributed by atoms with van der Waals surface area (Å²) in [5.74, 6) is 0. The minimum atomic E-state index is 0.810. The molecule has 0 fully saturated rings. The van der Waals surface area contributed by atoms with Crippen molar-refractivity contribution >= 4 is 0 Å². The molecule has 1 aliphatic carbocycles. The van der Waals surface area contributed by atoms with Crippen LogP contribution >= 0.6 is 0 Å². The van der Waals surface area contributed by atoms with Gasteiger partial charge in [-0.1, -0.05) is 30.3 Å². The molecule has 1 heteroatoms. The average Bonchev–Trinajstić information content (AvgIpc) is 2.86. The van der Waals surface area contributed by atoms with Gasteiger partial charge in [0.05, 0.1) is 11.6 Å². The summed E-state index contributed by atoms with van der Waals surface area (Å²) in [5, 5.41) is 9.35. The highest BCUT2D eigenvalue weighted by Gasteiger charge is 2.19. The average molecular weight is 233 g/mol. The number of fused-ring (bicyclic) bond motifs is 1. The van der Waals surface area contributed by atoms with Gasteiger partial charge in [-0.2, -0.15) is 5.26 Å². The molecule has 0 unspecified atom stereocenters. The smallest absolute Gasteiger partial charge is 0.0998 e. The summed E-state index contributed by atoms with van der Waals surface area (Å²) >= 11 is 0. The van der Waals surface area contributed by atoms with Gasteiger partial charge in [-0.3, -0.25) is 0 Å². The van der Waals surface area contributed by atoms with Crippen LogP contribution in [0.5, 0.6) is 0 Å². The van der Waals surface area contributed by atoms with Crippen molar-refractivity contribution in [3.05, 3.63) is 58.7 Å². The largest absolute Gasteiger partial charge is 0.192 e. The number of hydrogen-bond donors (Lipinski definition) is 0. The summed E-state index contributed by atoms with van der Waals surface area (Å²) in [4.78, 5) is 0. The molecule has 0 amide bonds. The second-order valence-electron chi connectivity index (χ2n) is 4.91. The highest BCUT2D eigenvalue weighted by Crippen LogP contribution is 2.36. The van der Waals surface area contributed by atoms with Crippen LogP contribution in [-0.2, 0) is 12.8 Å². The Morgan fingerprint density at radius 2 is 1.89 bits per heavy atom. The number of aryl methyl sites for hydroxylation is 2. The predicted molar refractivity (Wildman–Crippen MR) is 73.4 cm³/mol. The Bertz CT molecular complexity index is 647. The first kappa shape index (κ1) is 11.0. The van der Waals surface area contributed by atoms with Gasteiger partial charge in [0.25, 0.3) is 0 Å². The first-order valence-corrected chi connectivity index (χ1v) is 6.42. The van der Waals surface area contributed by atoms with Crippen molar-refractivity contribution in [3.8, 4) is 17.2 Å². The molecular weight excluding hydrogens is 218 g/mol. The Labute approximate surface area is 108 Å². The summed E-state index contributed by atoms with van der Waals surface area (Å²) in [6.07, 6.45) is 3.47. The van der Waals surface area contributed by atoms with Crippen molar-refractivity contribution in [1.82, 2.24) is 0 Å². The normalized spacial score (nSPS) is 13.1. The minimum absolute atomic E-state index is 0.810. The van der Waals surface area contributed by atoms with E-state index in [4.69, 9.17) is 0 Å². The van der Waals surface area contributed by atoms with Crippen LogP contribution in [0.15, 0.2) is 36.4 Å². The molecule has 0 radical (unpaired) electrons. The maximum Gasteiger partial charge on any atom is 0.0998 e. The summed E-state index contributed by atoms with van der Waals surface area (Å²) < 4.78 is 0. The highest BCUT2D eigenvalue weighted by atomic mass is 14.3. The van der Waals surface area contributed by atoms with Crippen LogP contribution < -0.4 is 0 Å². The van der Waals surface area contributed by atoms with Gasteiger partial charge in [0.1, 0.15) is 0 Å². The number of rotatable bonds is 1. The van der Waals surface area contributed by atoms with E-state index in [2.05, 4.69) is 37.3 Å². The Kier molecular flexibility index (Phi) is 2.64. The summed E-state index contributed by atoms with van der Waals surface area (Å²) in [7, 11) is 0. The molecule has 0 bridgehead atoms. The second-order valence-corrected chi connectivity index (χ2v) is 4.91. The van der Waals surface area contributed by atoms with E-state index in [1.807, 2.05) is 12.1 Å². The molecule has 88 valence electrons.